The van der Waals surface area contributed by atoms with Crippen molar-refractivity contribution in [3.8, 4) is 0 Å². The fourth-order valence-corrected chi connectivity index (χ4v) is 1.26. The number of thiophene rings is 1. The second-order valence-electron chi connectivity index (χ2n) is 1.77. The molecule has 0 aliphatic carbocycles. The first-order valence-corrected chi connectivity index (χ1v) is 4.02. The minimum Gasteiger partial charge on any atom is -0.478 e. The lowest BCUT2D eigenvalue weighted by Gasteiger charge is -1.99. The van der Waals surface area contributed by atoms with E-state index in [2.05, 4.69) is 0 Å². The molecule has 0 spiro atoms. The van der Waals surface area contributed by atoms with Crippen molar-refractivity contribution in [1.29, 1.82) is 5.41 Å². The van der Waals surface area contributed by atoms with Crippen LogP contribution in [0.5, 0.6) is 0 Å². The van der Waals surface area contributed by atoms with Crippen LogP contribution in [0.25, 0.3) is 0 Å². The third-order valence-corrected chi connectivity index (χ3v) is 1.76. The third kappa shape index (κ3) is 2.91. The molecule has 1 aromatic heterocycles. The Kier molecular flexibility index (Phi) is 4.90. The highest BCUT2D eigenvalue weighted by molar-refractivity contribution is 7.08. The molecule has 0 aliphatic heterocycles. The lowest BCUT2D eigenvalue weighted by Crippen LogP contribution is -2.02. The van der Waals surface area contributed by atoms with E-state index in [0.717, 1.165) is 5.56 Å². The van der Waals surface area contributed by atoms with E-state index in [1.165, 1.54) is 0 Å². The fourth-order valence-electron chi connectivity index (χ4n) is 0.621. The molecule has 0 atom stereocenters. The van der Waals surface area contributed by atoms with Crippen molar-refractivity contribution in [3.63, 3.8) is 0 Å². The summed E-state index contributed by atoms with van der Waals surface area (Å²) in [7, 11) is 0. The van der Waals surface area contributed by atoms with E-state index in [0.29, 0.717) is 6.61 Å². The van der Waals surface area contributed by atoms with Gasteiger partial charge in [0.25, 0.3) is 0 Å². The Balaban J connectivity index is 0.000001000. The molecule has 0 bridgehead atoms. The maximum atomic E-state index is 7.33. The smallest absolute Gasteiger partial charge is 0.214 e. The molecule has 0 radical (unpaired) electrons. The molecule has 2 nitrogen and oxygen atoms in total. The van der Waals surface area contributed by atoms with Gasteiger partial charge < -0.3 is 4.74 Å². The second-order valence-corrected chi connectivity index (χ2v) is 2.55. The van der Waals surface area contributed by atoms with Crippen molar-refractivity contribution in [1.82, 2.24) is 0 Å². The van der Waals surface area contributed by atoms with Crippen LogP contribution in [0.4, 0.5) is 0 Å². The molecule has 1 aromatic rings. The zero-order valence-electron chi connectivity index (χ0n) is 6.16. The summed E-state index contributed by atoms with van der Waals surface area (Å²) in [6, 6.07) is 1.88. The van der Waals surface area contributed by atoms with Crippen molar-refractivity contribution >= 4 is 29.6 Å². The molecular weight excluding hydrogens is 182 g/mol. The van der Waals surface area contributed by atoms with Gasteiger partial charge in [-0.25, -0.2) is 0 Å². The van der Waals surface area contributed by atoms with Crippen LogP contribution in [0.2, 0.25) is 0 Å². The predicted octanol–water partition coefficient (Wildman–Crippen LogP) is 2.53. The van der Waals surface area contributed by atoms with Gasteiger partial charge in [-0.15, -0.1) is 12.4 Å². The Morgan fingerprint density at radius 2 is 2.45 bits per heavy atom. The molecule has 0 aliphatic rings. The largest absolute Gasteiger partial charge is 0.478 e. The fraction of sp³-hybridized carbons (Fsp3) is 0.286. The van der Waals surface area contributed by atoms with Crippen LogP contribution in [0, 0.1) is 5.41 Å². The Morgan fingerprint density at radius 1 is 1.73 bits per heavy atom. The van der Waals surface area contributed by atoms with Crippen LogP contribution in [0.3, 0.4) is 0 Å². The number of hydrogen-bond donors (Lipinski definition) is 1. The Morgan fingerprint density at radius 3 is 2.91 bits per heavy atom. The predicted molar refractivity (Wildman–Crippen MR) is 50.0 cm³/mol. The summed E-state index contributed by atoms with van der Waals surface area (Å²) in [4.78, 5) is 0. The Bertz CT molecular complexity index is 210. The van der Waals surface area contributed by atoms with Gasteiger partial charge in [0.05, 0.1) is 6.61 Å². The summed E-state index contributed by atoms with van der Waals surface area (Å²) in [6.07, 6.45) is 0. The van der Waals surface area contributed by atoms with E-state index < -0.39 is 0 Å². The lowest BCUT2D eigenvalue weighted by molar-refractivity contribution is 0.326. The van der Waals surface area contributed by atoms with Gasteiger partial charge in [0.1, 0.15) is 0 Å². The van der Waals surface area contributed by atoms with Crippen molar-refractivity contribution in [2.75, 3.05) is 6.61 Å². The van der Waals surface area contributed by atoms with Gasteiger partial charge in [-0.1, -0.05) is 0 Å². The summed E-state index contributed by atoms with van der Waals surface area (Å²) < 4.78 is 4.98. The molecule has 62 valence electrons. The van der Waals surface area contributed by atoms with Gasteiger partial charge in [0, 0.05) is 10.9 Å². The highest BCUT2D eigenvalue weighted by Gasteiger charge is 1.99. The van der Waals surface area contributed by atoms with E-state index in [9.17, 15) is 0 Å². The van der Waals surface area contributed by atoms with Gasteiger partial charge in [0.15, 0.2) is 0 Å². The van der Waals surface area contributed by atoms with Crippen LogP contribution in [-0.2, 0) is 4.74 Å². The van der Waals surface area contributed by atoms with Crippen molar-refractivity contribution in [3.05, 3.63) is 22.4 Å². The van der Waals surface area contributed by atoms with Crippen LogP contribution < -0.4 is 0 Å². The van der Waals surface area contributed by atoms with Crippen LogP contribution in [-0.4, -0.2) is 12.5 Å². The first-order chi connectivity index (χ1) is 4.84. The minimum atomic E-state index is 0. The molecular formula is C7H10ClNOS. The molecule has 4 heteroatoms. The Labute approximate surface area is 76.1 Å². The highest BCUT2D eigenvalue weighted by Crippen LogP contribution is 2.06. The number of ether oxygens (including phenoxy) is 1. The number of hydrogen-bond acceptors (Lipinski definition) is 3. The molecule has 0 saturated carbocycles. The number of nitrogens with one attached hydrogen (secondary N) is 1. The highest BCUT2D eigenvalue weighted by atomic mass is 35.5. The van der Waals surface area contributed by atoms with Crippen molar-refractivity contribution < 1.29 is 4.74 Å². The molecule has 0 aromatic carbocycles. The van der Waals surface area contributed by atoms with Crippen LogP contribution >= 0.6 is 23.7 Å². The molecule has 1 N–H and O–H groups in total. The van der Waals surface area contributed by atoms with E-state index >= 15 is 0 Å². The lowest BCUT2D eigenvalue weighted by atomic mass is 10.3. The third-order valence-electron chi connectivity index (χ3n) is 1.07. The quantitative estimate of drug-likeness (QED) is 0.566. The Hall–Kier alpha value is -0.540. The van der Waals surface area contributed by atoms with E-state index in [-0.39, 0.29) is 18.3 Å². The standard InChI is InChI=1S/C7H9NOS.ClH/c1-2-9-7(8)6-3-4-10-5-6;/h3-5,8H,2H2,1H3;1H. The second kappa shape index (κ2) is 5.16. The average Bonchev–Trinajstić information content (AvgIpc) is 2.38. The van der Waals surface area contributed by atoms with Gasteiger partial charge in [0.2, 0.25) is 5.90 Å². The number of rotatable bonds is 2. The van der Waals surface area contributed by atoms with Crippen LogP contribution in [0.15, 0.2) is 16.8 Å². The topological polar surface area (TPSA) is 33.1 Å². The maximum absolute atomic E-state index is 7.33. The monoisotopic (exact) mass is 191 g/mol. The van der Waals surface area contributed by atoms with Crippen molar-refractivity contribution in [2.45, 2.75) is 6.92 Å². The van der Waals surface area contributed by atoms with Gasteiger partial charge >= 0.3 is 0 Å². The van der Waals surface area contributed by atoms with E-state index in [1.54, 1.807) is 11.3 Å². The zero-order chi connectivity index (χ0) is 7.40. The van der Waals surface area contributed by atoms with Gasteiger partial charge in [-0.2, -0.15) is 11.3 Å². The summed E-state index contributed by atoms with van der Waals surface area (Å²) in [5, 5.41) is 11.2. The minimum absolute atomic E-state index is 0. The summed E-state index contributed by atoms with van der Waals surface area (Å²) in [5.41, 5.74) is 0.867. The summed E-state index contributed by atoms with van der Waals surface area (Å²) in [5.74, 6) is 0.267. The van der Waals surface area contributed by atoms with Crippen LogP contribution in [0.1, 0.15) is 12.5 Å². The van der Waals surface area contributed by atoms with E-state index in [1.807, 2.05) is 23.8 Å². The van der Waals surface area contributed by atoms with Gasteiger partial charge in [-0.3, -0.25) is 5.41 Å². The first kappa shape index (κ1) is 10.5. The molecule has 1 heterocycles. The summed E-state index contributed by atoms with van der Waals surface area (Å²) >= 11 is 1.57. The maximum Gasteiger partial charge on any atom is 0.214 e. The first-order valence-electron chi connectivity index (χ1n) is 3.08. The molecule has 0 saturated heterocycles. The zero-order valence-corrected chi connectivity index (χ0v) is 7.80. The molecule has 0 amide bonds. The van der Waals surface area contributed by atoms with Crippen molar-refractivity contribution in [2.24, 2.45) is 0 Å². The average molecular weight is 192 g/mol. The van der Waals surface area contributed by atoms with E-state index in [4.69, 9.17) is 10.1 Å². The molecule has 11 heavy (non-hydrogen) atoms. The molecule has 1 rings (SSSR count). The normalized spacial score (nSPS) is 8.45. The molecule has 0 fully saturated rings. The number of halogens is 1. The van der Waals surface area contributed by atoms with Gasteiger partial charge in [-0.05, 0) is 18.4 Å². The summed E-state index contributed by atoms with van der Waals surface area (Å²) in [6.45, 7) is 2.44. The SMILES string of the molecule is CCOC(=N)c1ccsc1.Cl. The molecule has 0 unspecified atom stereocenters.